The molecule has 1 saturated heterocycles. The van der Waals surface area contributed by atoms with E-state index in [1.54, 1.807) is 16.8 Å². The molecule has 1 N–H and O–H groups in total. The van der Waals surface area contributed by atoms with Crippen molar-refractivity contribution in [1.29, 1.82) is 0 Å². The largest absolute Gasteiger partial charge is 0.491 e. The summed E-state index contributed by atoms with van der Waals surface area (Å²) < 4.78 is 5.77. The molecule has 0 bridgehead atoms. The number of nitrogens with zero attached hydrogens (tertiary/aromatic N) is 2. The van der Waals surface area contributed by atoms with Crippen LogP contribution in [-0.2, 0) is 17.8 Å². The van der Waals surface area contributed by atoms with Gasteiger partial charge in [-0.2, -0.15) is 0 Å². The molecular formula is C24H28ClN3O3. The molecule has 7 heteroatoms. The van der Waals surface area contributed by atoms with Crippen molar-refractivity contribution < 1.29 is 14.3 Å². The number of fused-ring (bicyclic) bond motifs is 1. The van der Waals surface area contributed by atoms with Gasteiger partial charge in [0.2, 0.25) is 5.91 Å². The van der Waals surface area contributed by atoms with Crippen molar-refractivity contribution in [2.75, 3.05) is 20.2 Å². The maximum atomic E-state index is 13.1. The lowest BCUT2D eigenvalue weighted by molar-refractivity contribution is -0.134. The molecule has 2 atom stereocenters. The second-order valence-corrected chi connectivity index (χ2v) is 8.82. The molecule has 2 aliphatic rings. The maximum Gasteiger partial charge on any atom is 0.318 e. The number of halogens is 1. The van der Waals surface area contributed by atoms with Gasteiger partial charge in [0.05, 0.1) is 6.04 Å². The number of likely N-dealkylation sites (N-methyl/N-ethyl adjacent to an activating group) is 1. The molecule has 2 unspecified atom stereocenters. The van der Waals surface area contributed by atoms with Crippen LogP contribution in [0.15, 0.2) is 42.5 Å². The first-order valence-electron chi connectivity index (χ1n) is 10.7. The molecule has 2 aromatic rings. The van der Waals surface area contributed by atoms with E-state index in [1.165, 1.54) is 5.56 Å². The smallest absolute Gasteiger partial charge is 0.318 e. The van der Waals surface area contributed by atoms with Crippen LogP contribution in [0.1, 0.15) is 29.5 Å². The molecule has 0 aromatic heterocycles. The fourth-order valence-electron chi connectivity index (χ4n) is 4.28. The minimum absolute atomic E-state index is 0.0264. The van der Waals surface area contributed by atoms with Crippen molar-refractivity contribution in [3.63, 3.8) is 0 Å². The molecule has 1 fully saturated rings. The van der Waals surface area contributed by atoms with Gasteiger partial charge in [-0.25, -0.2) is 4.79 Å². The topological polar surface area (TPSA) is 61.9 Å². The first-order chi connectivity index (χ1) is 14.9. The van der Waals surface area contributed by atoms with Crippen LogP contribution in [0, 0.1) is 6.92 Å². The Bertz CT molecular complexity index is 963. The molecule has 2 heterocycles. The maximum absolute atomic E-state index is 13.1. The molecule has 6 nitrogen and oxygen atoms in total. The van der Waals surface area contributed by atoms with Crippen molar-refractivity contribution in [3.8, 4) is 5.75 Å². The second kappa shape index (κ2) is 9.18. The summed E-state index contributed by atoms with van der Waals surface area (Å²) in [6.45, 7) is 3.53. The standard InChI is InChI=1S/C24H28ClN3O3/c1-16-8-10-17(11-9-16)14-27(2)23(29)21-6-4-12-28(21)24(30)26-18-13-19-20(25)5-3-7-22(19)31-15-18/h3,5,7-11,18,21H,4,6,12-15H2,1-2H3,(H,26,30). The molecule has 4 rings (SSSR count). The summed E-state index contributed by atoms with van der Waals surface area (Å²) in [6, 6.07) is 12.9. The SMILES string of the molecule is Cc1ccc(CN(C)C(=O)C2CCCN2C(=O)NC2COc3cccc(Cl)c3C2)cc1. The van der Waals surface area contributed by atoms with Crippen LogP contribution < -0.4 is 10.1 Å². The van der Waals surface area contributed by atoms with Gasteiger partial charge in [-0.15, -0.1) is 0 Å². The number of rotatable bonds is 4. The molecule has 0 saturated carbocycles. The number of amides is 3. The number of carbonyl (C=O) groups is 2. The van der Waals surface area contributed by atoms with Crippen LogP contribution in [-0.4, -0.2) is 54.0 Å². The average Bonchev–Trinajstić information content (AvgIpc) is 3.25. The van der Waals surface area contributed by atoms with E-state index in [-0.39, 0.29) is 18.0 Å². The van der Waals surface area contributed by atoms with E-state index in [9.17, 15) is 9.59 Å². The van der Waals surface area contributed by atoms with Crippen LogP contribution >= 0.6 is 11.6 Å². The summed E-state index contributed by atoms with van der Waals surface area (Å²) in [6.07, 6.45) is 2.11. The third-order valence-electron chi connectivity index (χ3n) is 6.01. The van der Waals surface area contributed by atoms with E-state index in [2.05, 4.69) is 5.32 Å². The number of urea groups is 1. The molecule has 31 heavy (non-hydrogen) atoms. The number of ether oxygens (including phenoxy) is 1. The van der Waals surface area contributed by atoms with Crippen molar-refractivity contribution in [1.82, 2.24) is 15.1 Å². The molecule has 2 aromatic carbocycles. The number of benzene rings is 2. The third-order valence-corrected chi connectivity index (χ3v) is 6.36. The van der Waals surface area contributed by atoms with Gasteiger partial charge in [0.1, 0.15) is 18.4 Å². The average molecular weight is 442 g/mol. The Balaban J connectivity index is 1.37. The molecule has 164 valence electrons. The molecule has 0 aliphatic carbocycles. The fraction of sp³-hybridized carbons (Fsp3) is 0.417. The highest BCUT2D eigenvalue weighted by Crippen LogP contribution is 2.31. The van der Waals surface area contributed by atoms with E-state index < -0.39 is 6.04 Å². The quantitative estimate of drug-likeness (QED) is 0.785. The van der Waals surface area contributed by atoms with E-state index in [0.717, 1.165) is 23.3 Å². The predicted octanol–water partition coefficient (Wildman–Crippen LogP) is 3.78. The molecule has 0 radical (unpaired) electrons. The number of aryl methyl sites for hydroxylation is 1. The summed E-state index contributed by atoms with van der Waals surface area (Å²) in [4.78, 5) is 29.5. The first kappa shape index (κ1) is 21.5. The van der Waals surface area contributed by atoms with E-state index in [4.69, 9.17) is 16.3 Å². The highest BCUT2D eigenvalue weighted by molar-refractivity contribution is 6.31. The van der Waals surface area contributed by atoms with Gasteiger partial charge >= 0.3 is 6.03 Å². The Morgan fingerprint density at radius 3 is 2.77 bits per heavy atom. The van der Waals surface area contributed by atoms with Crippen LogP contribution in [0.4, 0.5) is 4.79 Å². The minimum atomic E-state index is -0.434. The number of carbonyl (C=O) groups excluding carboxylic acids is 2. The number of hydrogen-bond acceptors (Lipinski definition) is 3. The lowest BCUT2D eigenvalue weighted by Gasteiger charge is -2.31. The Labute approximate surface area is 188 Å². The molecule has 0 spiro atoms. The number of likely N-dealkylation sites (tertiary alicyclic amines) is 1. The zero-order valence-corrected chi connectivity index (χ0v) is 18.7. The van der Waals surface area contributed by atoms with E-state index in [0.29, 0.717) is 37.6 Å². The fourth-order valence-corrected chi connectivity index (χ4v) is 4.53. The number of hydrogen-bond donors (Lipinski definition) is 1. The summed E-state index contributed by atoms with van der Waals surface area (Å²) in [5, 5.41) is 3.68. The van der Waals surface area contributed by atoms with Gasteiger partial charge in [-0.05, 0) is 37.5 Å². The van der Waals surface area contributed by atoms with Crippen molar-refractivity contribution in [3.05, 3.63) is 64.2 Å². The Morgan fingerprint density at radius 1 is 1.23 bits per heavy atom. The predicted molar refractivity (Wildman–Crippen MR) is 120 cm³/mol. The van der Waals surface area contributed by atoms with Gasteiger partial charge in [0.25, 0.3) is 0 Å². The Kier molecular flexibility index (Phi) is 6.37. The summed E-state index contributed by atoms with van der Waals surface area (Å²) >= 11 is 6.29. The van der Waals surface area contributed by atoms with Gasteiger partial charge < -0.3 is 19.9 Å². The van der Waals surface area contributed by atoms with Crippen molar-refractivity contribution in [2.24, 2.45) is 0 Å². The van der Waals surface area contributed by atoms with E-state index in [1.807, 2.05) is 49.4 Å². The van der Waals surface area contributed by atoms with Gasteiger partial charge in [-0.1, -0.05) is 47.5 Å². The highest BCUT2D eigenvalue weighted by atomic mass is 35.5. The van der Waals surface area contributed by atoms with Crippen molar-refractivity contribution in [2.45, 2.75) is 44.8 Å². The monoisotopic (exact) mass is 441 g/mol. The summed E-state index contributed by atoms with van der Waals surface area (Å²) in [5.74, 6) is 0.742. The van der Waals surface area contributed by atoms with Gasteiger partial charge in [0.15, 0.2) is 0 Å². The van der Waals surface area contributed by atoms with Crippen LogP contribution in [0.25, 0.3) is 0 Å². The minimum Gasteiger partial charge on any atom is -0.491 e. The molecule has 2 aliphatic heterocycles. The number of nitrogens with one attached hydrogen (secondary N) is 1. The zero-order chi connectivity index (χ0) is 22.0. The highest BCUT2D eigenvalue weighted by Gasteiger charge is 2.37. The zero-order valence-electron chi connectivity index (χ0n) is 17.9. The lowest BCUT2D eigenvalue weighted by Crippen LogP contribution is -2.53. The van der Waals surface area contributed by atoms with Gasteiger partial charge in [0, 0.05) is 37.1 Å². The second-order valence-electron chi connectivity index (χ2n) is 8.41. The van der Waals surface area contributed by atoms with Crippen LogP contribution in [0.5, 0.6) is 5.75 Å². The Hall–Kier alpha value is -2.73. The van der Waals surface area contributed by atoms with Crippen LogP contribution in [0.3, 0.4) is 0 Å². The molecular weight excluding hydrogens is 414 g/mol. The van der Waals surface area contributed by atoms with Crippen molar-refractivity contribution >= 4 is 23.5 Å². The summed E-state index contributed by atoms with van der Waals surface area (Å²) in [7, 11) is 1.80. The lowest BCUT2D eigenvalue weighted by atomic mass is 10.0. The Morgan fingerprint density at radius 2 is 2.00 bits per heavy atom. The summed E-state index contributed by atoms with van der Waals surface area (Å²) in [5.41, 5.74) is 3.17. The first-order valence-corrected chi connectivity index (χ1v) is 11.1. The third kappa shape index (κ3) is 4.79. The molecule has 3 amide bonds. The van der Waals surface area contributed by atoms with Gasteiger partial charge in [-0.3, -0.25) is 4.79 Å². The van der Waals surface area contributed by atoms with Crippen LogP contribution in [0.2, 0.25) is 5.02 Å². The normalized spacial score (nSPS) is 20.0. The van der Waals surface area contributed by atoms with E-state index >= 15 is 0 Å².